The Morgan fingerprint density at radius 2 is 1.77 bits per heavy atom. The number of fused-ring (bicyclic) bond motifs is 3. The van der Waals surface area contributed by atoms with Crippen LogP contribution >= 0.6 is 0 Å². The first kappa shape index (κ1) is 27.2. The first-order valence-corrected chi connectivity index (χ1v) is 13.0. The number of ether oxygens (including phenoxy) is 4. The minimum Gasteiger partial charge on any atom is -0.434 e. The predicted molar refractivity (Wildman–Crippen MR) is 143 cm³/mol. The van der Waals surface area contributed by atoms with E-state index in [9.17, 15) is 18.8 Å². The van der Waals surface area contributed by atoms with E-state index in [4.69, 9.17) is 18.9 Å². The summed E-state index contributed by atoms with van der Waals surface area (Å²) in [6, 6.07) is 10.5. The molecule has 11 heteroatoms. The van der Waals surface area contributed by atoms with Crippen LogP contribution < -0.4 is 4.74 Å². The van der Waals surface area contributed by atoms with Gasteiger partial charge in [-0.2, -0.15) is 0 Å². The molecule has 0 spiro atoms. The van der Waals surface area contributed by atoms with Gasteiger partial charge in [-0.15, -0.1) is 0 Å². The van der Waals surface area contributed by atoms with Gasteiger partial charge in [0.05, 0.1) is 31.7 Å². The molecule has 2 aliphatic heterocycles. The van der Waals surface area contributed by atoms with Crippen molar-refractivity contribution in [2.75, 3.05) is 39.5 Å². The molecule has 0 atom stereocenters. The minimum atomic E-state index is -0.924. The van der Waals surface area contributed by atoms with E-state index in [1.54, 1.807) is 24.0 Å². The Morgan fingerprint density at radius 1 is 1.05 bits per heavy atom. The van der Waals surface area contributed by atoms with Gasteiger partial charge in [0.1, 0.15) is 11.6 Å². The van der Waals surface area contributed by atoms with Crippen molar-refractivity contribution in [1.29, 1.82) is 0 Å². The quantitative estimate of drug-likeness (QED) is 0.452. The van der Waals surface area contributed by atoms with Crippen molar-refractivity contribution in [1.82, 2.24) is 14.8 Å². The average molecular weight is 552 g/mol. The highest BCUT2D eigenvalue weighted by Gasteiger charge is 2.37. The second-order valence-electron chi connectivity index (χ2n) is 10.2. The number of halogens is 1. The SMILES string of the molecule is CCOC(=O)OC1=CN(C(=O)c2ccc(F)cc2)CC(C)(C)c2c1[nH]c1cc(OC(=O)N3CCOCC3)ccc21. The molecule has 40 heavy (non-hydrogen) atoms. The maximum Gasteiger partial charge on any atom is 0.513 e. The Morgan fingerprint density at radius 3 is 2.48 bits per heavy atom. The number of benzene rings is 2. The maximum atomic E-state index is 13.5. The second kappa shape index (κ2) is 11.0. The monoisotopic (exact) mass is 551 g/mol. The Labute approximate surface area is 230 Å². The lowest BCUT2D eigenvalue weighted by molar-refractivity contribution is 0.0416. The molecule has 2 amide bonds. The number of carbonyl (C=O) groups is 3. The van der Waals surface area contributed by atoms with Crippen LogP contribution in [-0.4, -0.2) is 72.4 Å². The summed E-state index contributed by atoms with van der Waals surface area (Å²) in [6.45, 7) is 7.77. The van der Waals surface area contributed by atoms with Gasteiger partial charge < -0.3 is 33.7 Å². The van der Waals surface area contributed by atoms with E-state index in [0.29, 0.717) is 43.3 Å². The molecular formula is C29H30FN3O7. The average Bonchev–Trinajstić information content (AvgIpc) is 3.28. The predicted octanol–water partition coefficient (Wildman–Crippen LogP) is 5.04. The van der Waals surface area contributed by atoms with Crippen LogP contribution in [0.2, 0.25) is 0 Å². The molecule has 0 radical (unpaired) electrons. The van der Waals surface area contributed by atoms with Gasteiger partial charge >= 0.3 is 12.2 Å². The van der Waals surface area contributed by atoms with E-state index in [1.807, 2.05) is 19.9 Å². The third-order valence-corrected chi connectivity index (χ3v) is 6.81. The van der Waals surface area contributed by atoms with Gasteiger partial charge in [-0.25, -0.2) is 14.0 Å². The number of carbonyl (C=O) groups excluding carboxylic acids is 3. The number of hydrogen-bond acceptors (Lipinski definition) is 7. The molecule has 5 rings (SSSR count). The summed E-state index contributed by atoms with van der Waals surface area (Å²) >= 11 is 0. The standard InChI is InChI=1S/C29H30FN3O7/c1-4-38-28(36)40-23-16-33(26(34)18-5-7-19(30)8-6-18)17-29(2,3)24-21-10-9-20(15-22(21)31-25(23)24)39-27(35)32-11-13-37-14-12-32/h5-10,15-16,31H,4,11-14,17H2,1-3H3. The van der Waals surface area contributed by atoms with Gasteiger partial charge in [-0.3, -0.25) is 4.79 Å². The molecule has 210 valence electrons. The van der Waals surface area contributed by atoms with E-state index in [1.165, 1.54) is 35.4 Å². The lowest BCUT2D eigenvalue weighted by Crippen LogP contribution is -2.42. The highest BCUT2D eigenvalue weighted by Crippen LogP contribution is 2.41. The molecule has 3 aromatic rings. The smallest absolute Gasteiger partial charge is 0.434 e. The Balaban J connectivity index is 1.53. The molecule has 0 unspecified atom stereocenters. The summed E-state index contributed by atoms with van der Waals surface area (Å²) in [5, 5.41) is 0.806. The summed E-state index contributed by atoms with van der Waals surface area (Å²) in [5.74, 6) is -0.406. The van der Waals surface area contributed by atoms with E-state index >= 15 is 0 Å². The molecule has 1 saturated heterocycles. The summed E-state index contributed by atoms with van der Waals surface area (Å²) in [4.78, 5) is 44.8. The van der Waals surface area contributed by atoms with Gasteiger partial charge in [0.25, 0.3) is 5.91 Å². The fourth-order valence-corrected chi connectivity index (χ4v) is 5.00. The number of morpholine rings is 1. The van der Waals surface area contributed by atoms with Crippen LogP contribution in [0.15, 0.2) is 48.7 Å². The van der Waals surface area contributed by atoms with Crippen LogP contribution in [0.1, 0.15) is 42.4 Å². The van der Waals surface area contributed by atoms with Crippen molar-refractivity contribution >= 4 is 34.8 Å². The third kappa shape index (κ3) is 5.50. The van der Waals surface area contributed by atoms with E-state index in [0.717, 1.165) is 10.9 Å². The van der Waals surface area contributed by atoms with Gasteiger partial charge in [0.15, 0.2) is 5.76 Å². The largest absolute Gasteiger partial charge is 0.513 e. The molecular weight excluding hydrogens is 521 g/mol. The number of nitrogens with zero attached hydrogens (tertiary/aromatic N) is 2. The van der Waals surface area contributed by atoms with Crippen LogP contribution in [0.3, 0.4) is 0 Å². The summed E-state index contributed by atoms with van der Waals surface area (Å²) < 4.78 is 35.0. The second-order valence-corrected chi connectivity index (χ2v) is 10.2. The van der Waals surface area contributed by atoms with E-state index in [2.05, 4.69) is 4.98 Å². The van der Waals surface area contributed by atoms with Crippen molar-refractivity contribution in [2.24, 2.45) is 0 Å². The molecule has 1 N–H and O–H groups in total. The van der Waals surface area contributed by atoms with Crippen LogP contribution in [0.4, 0.5) is 14.0 Å². The topological polar surface area (TPSA) is 110 Å². The molecule has 1 fully saturated rings. The molecule has 0 bridgehead atoms. The lowest BCUT2D eigenvalue weighted by Gasteiger charge is -2.29. The molecule has 0 aliphatic carbocycles. The summed E-state index contributed by atoms with van der Waals surface area (Å²) in [7, 11) is 0. The van der Waals surface area contributed by atoms with E-state index in [-0.39, 0.29) is 30.4 Å². The zero-order valence-electron chi connectivity index (χ0n) is 22.5. The van der Waals surface area contributed by atoms with Crippen LogP contribution in [0.25, 0.3) is 16.7 Å². The molecule has 2 aliphatic rings. The number of nitrogens with one attached hydrogen (secondary N) is 1. The van der Waals surface area contributed by atoms with Crippen molar-refractivity contribution in [3.8, 4) is 5.75 Å². The molecule has 10 nitrogen and oxygen atoms in total. The third-order valence-electron chi connectivity index (χ3n) is 6.81. The fraction of sp³-hybridized carbons (Fsp3) is 0.345. The van der Waals surface area contributed by atoms with Crippen LogP contribution in [-0.2, 0) is 19.6 Å². The Hall–Kier alpha value is -4.38. The van der Waals surface area contributed by atoms with Crippen LogP contribution in [0, 0.1) is 5.82 Å². The lowest BCUT2D eigenvalue weighted by atomic mass is 9.82. The highest BCUT2D eigenvalue weighted by atomic mass is 19.1. The molecule has 0 saturated carbocycles. The van der Waals surface area contributed by atoms with Gasteiger partial charge in [-0.1, -0.05) is 13.8 Å². The molecule has 3 heterocycles. The fourth-order valence-electron chi connectivity index (χ4n) is 5.00. The van der Waals surface area contributed by atoms with Crippen molar-refractivity contribution in [3.63, 3.8) is 0 Å². The Kier molecular flexibility index (Phi) is 7.49. The van der Waals surface area contributed by atoms with Gasteiger partial charge in [0, 0.05) is 47.6 Å². The first-order valence-electron chi connectivity index (χ1n) is 13.0. The summed E-state index contributed by atoms with van der Waals surface area (Å²) in [6.07, 6.45) is 0.0648. The van der Waals surface area contributed by atoms with Gasteiger partial charge in [-0.05, 0) is 48.9 Å². The number of hydrogen-bond donors (Lipinski definition) is 1. The van der Waals surface area contributed by atoms with Crippen molar-refractivity contribution in [2.45, 2.75) is 26.2 Å². The minimum absolute atomic E-state index is 0.0811. The van der Waals surface area contributed by atoms with Crippen LogP contribution in [0.5, 0.6) is 5.75 Å². The normalized spacial score (nSPS) is 16.6. The zero-order chi connectivity index (χ0) is 28.4. The van der Waals surface area contributed by atoms with E-state index < -0.39 is 23.5 Å². The number of aromatic amines is 1. The first-order chi connectivity index (χ1) is 19.2. The summed E-state index contributed by atoms with van der Waals surface area (Å²) in [5.41, 5.74) is 1.59. The van der Waals surface area contributed by atoms with Gasteiger partial charge in [0.2, 0.25) is 0 Å². The number of aromatic nitrogens is 1. The van der Waals surface area contributed by atoms with Crippen molar-refractivity contribution in [3.05, 3.63) is 71.3 Å². The molecule has 2 aromatic carbocycles. The Bertz CT molecular complexity index is 1470. The number of rotatable bonds is 4. The maximum absolute atomic E-state index is 13.5. The zero-order valence-corrected chi connectivity index (χ0v) is 22.5. The number of H-pyrrole nitrogens is 1. The highest BCUT2D eigenvalue weighted by molar-refractivity contribution is 5.97. The van der Waals surface area contributed by atoms with Crippen molar-refractivity contribution < 1.29 is 37.7 Å². The molecule has 1 aromatic heterocycles. The number of amides is 2.